The number of esters is 1. The van der Waals surface area contributed by atoms with E-state index in [1.807, 2.05) is 48.5 Å². The summed E-state index contributed by atoms with van der Waals surface area (Å²) in [6, 6.07) is 19.1. The molecule has 1 aliphatic heterocycles. The Hall–Kier alpha value is -4.05. The maximum Gasteiger partial charge on any atom is 0.338 e. The first kappa shape index (κ1) is 30.4. The smallest absolute Gasteiger partial charge is 0.338 e. The number of carbonyl (C=O) groups is 1. The number of allylic oxidation sites excluding steroid dienone is 1. The van der Waals surface area contributed by atoms with Crippen LogP contribution in [0.15, 0.2) is 87.8 Å². The van der Waals surface area contributed by atoms with Crippen molar-refractivity contribution in [1.29, 1.82) is 0 Å². The van der Waals surface area contributed by atoms with Crippen LogP contribution in [0.25, 0.3) is 6.08 Å². The van der Waals surface area contributed by atoms with E-state index in [0.29, 0.717) is 48.4 Å². The summed E-state index contributed by atoms with van der Waals surface area (Å²) < 4.78 is 24.3. The molecule has 0 amide bonds. The van der Waals surface area contributed by atoms with Crippen LogP contribution in [-0.4, -0.2) is 37.5 Å². The molecule has 0 spiro atoms. The van der Waals surface area contributed by atoms with Crippen LogP contribution in [0.2, 0.25) is 10.0 Å². The Morgan fingerprint density at radius 3 is 2.51 bits per heavy atom. The van der Waals surface area contributed by atoms with Gasteiger partial charge in [-0.15, -0.1) is 0 Å². The number of hydrogen-bond donors (Lipinski definition) is 0. The molecule has 0 bridgehead atoms. The number of benzene rings is 3. The maximum atomic E-state index is 14.0. The molecule has 0 saturated heterocycles. The van der Waals surface area contributed by atoms with E-state index < -0.39 is 12.0 Å². The molecular weight excluding hydrogens is 611 g/mol. The van der Waals surface area contributed by atoms with Crippen molar-refractivity contribution in [2.45, 2.75) is 19.9 Å². The molecule has 2 heterocycles. The van der Waals surface area contributed by atoms with Crippen LogP contribution >= 0.6 is 34.5 Å². The molecule has 0 saturated carbocycles. The molecule has 222 valence electrons. The van der Waals surface area contributed by atoms with Gasteiger partial charge >= 0.3 is 5.97 Å². The summed E-state index contributed by atoms with van der Waals surface area (Å²) in [4.78, 5) is 32.1. The molecule has 3 aromatic carbocycles. The summed E-state index contributed by atoms with van der Waals surface area (Å²) in [6.45, 7) is 4.10. The lowest BCUT2D eigenvalue weighted by Gasteiger charge is -2.24. The van der Waals surface area contributed by atoms with Gasteiger partial charge in [0.05, 0.1) is 40.6 Å². The summed E-state index contributed by atoms with van der Waals surface area (Å²) in [6.07, 6.45) is 1.67. The van der Waals surface area contributed by atoms with Gasteiger partial charge in [-0.05, 0) is 49.8 Å². The van der Waals surface area contributed by atoms with Crippen molar-refractivity contribution in [2.24, 2.45) is 4.99 Å². The molecule has 5 rings (SSSR count). The van der Waals surface area contributed by atoms with Crippen molar-refractivity contribution in [2.75, 3.05) is 26.9 Å². The predicted octanol–water partition coefficient (Wildman–Crippen LogP) is 5.57. The van der Waals surface area contributed by atoms with E-state index in [1.165, 1.54) is 15.9 Å². The first-order chi connectivity index (χ1) is 20.8. The van der Waals surface area contributed by atoms with E-state index >= 15 is 0 Å². The summed E-state index contributed by atoms with van der Waals surface area (Å²) in [5, 5.41) is 0.669. The zero-order valence-corrected chi connectivity index (χ0v) is 26.0. The Labute approximate surface area is 262 Å². The van der Waals surface area contributed by atoms with Gasteiger partial charge in [-0.1, -0.05) is 70.9 Å². The summed E-state index contributed by atoms with van der Waals surface area (Å²) >= 11 is 14.1. The summed E-state index contributed by atoms with van der Waals surface area (Å²) in [5.74, 6) is 1.16. The minimum absolute atomic E-state index is 0.177. The molecule has 0 aliphatic carbocycles. The fourth-order valence-electron chi connectivity index (χ4n) is 4.72. The second-order valence-corrected chi connectivity index (χ2v) is 11.2. The van der Waals surface area contributed by atoms with E-state index in [1.54, 1.807) is 45.2 Å². The highest BCUT2D eigenvalue weighted by molar-refractivity contribution is 7.07. The van der Waals surface area contributed by atoms with Gasteiger partial charge in [0.25, 0.3) is 5.56 Å². The molecule has 0 N–H and O–H groups in total. The average Bonchev–Trinajstić information content (AvgIpc) is 3.29. The van der Waals surface area contributed by atoms with Crippen LogP contribution in [0.4, 0.5) is 0 Å². The number of carbonyl (C=O) groups excluding carboxylic acids is 1. The maximum absolute atomic E-state index is 14.0. The monoisotopic (exact) mass is 638 g/mol. The fraction of sp³-hybridized carbons (Fsp3) is 0.219. The van der Waals surface area contributed by atoms with Crippen LogP contribution in [0.1, 0.15) is 31.0 Å². The number of rotatable bonds is 10. The first-order valence-electron chi connectivity index (χ1n) is 13.4. The molecule has 4 aromatic rings. The van der Waals surface area contributed by atoms with Crippen molar-refractivity contribution in [3.63, 3.8) is 0 Å². The molecule has 0 unspecified atom stereocenters. The number of halogens is 2. The number of hydrogen-bond acceptors (Lipinski definition) is 8. The Bertz CT molecular complexity index is 1870. The number of methoxy groups -OCH3 is 1. The number of ether oxygens (including phenoxy) is 4. The third kappa shape index (κ3) is 6.64. The first-order valence-corrected chi connectivity index (χ1v) is 15.0. The molecule has 0 fully saturated rings. The summed E-state index contributed by atoms with van der Waals surface area (Å²) in [7, 11) is 1.59. The van der Waals surface area contributed by atoms with E-state index in [2.05, 4.69) is 4.99 Å². The number of fused-ring (bicyclic) bond motifs is 1. The molecule has 0 radical (unpaired) electrons. The minimum Gasteiger partial charge on any atom is -0.497 e. The molecule has 43 heavy (non-hydrogen) atoms. The largest absolute Gasteiger partial charge is 0.497 e. The zero-order chi connectivity index (χ0) is 30.5. The molecule has 11 heteroatoms. The van der Waals surface area contributed by atoms with Crippen molar-refractivity contribution in [3.8, 4) is 17.2 Å². The van der Waals surface area contributed by atoms with E-state index in [0.717, 1.165) is 5.56 Å². The standard InChI is InChI=1S/C32H28Cl2N2O6S/c1-4-40-31(38)27-19(2)35-32-36(28(27)20-9-6-5-7-10-20)30(37)26(43-32)16-21-15-22(33)17-25(34)29(21)42-14-13-41-24-12-8-11-23(18-24)39-3/h5-12,15-18,28H,4,13-14H2,1-3H3/t28-/m1/s1. The van der Waals surface area contributed by atoms with Crippen LogP contribution in [0.5, 0.6) is 17.2 Å². The molecule has 1 aromatic heterocycles. The van der Waals surface area contributed by atoms with Crippen molar-refractivity contribution < 1.29 is 23.7 Å². The van der Waals surface area contributed by atoms with Crippen molar-refractivity contribution >= 4 is 46.6 Å². The van der Waals surface area contributed by atoms with Gasteiger partial charge in [-0.3, -0.25) is 9.36 Å². The average molecular weight is 640 g/mol. The van der Waals surface area contributed by atoms with Crippen LogP contribution in [0, 0.1) is 0 Å². The molecular formula is C32H28Cl2N2O6S. The second-order valence-electron chi connectivity index (χ2n) is 9.39. The normalized spacial score (nSPS) is 14.6. The van der Waals surface area contributed by atoms with Gasteiger partial charge < -0.3 is 18.9 Å². The summed E-state index contributed by atoms with van der Waals surface area (Å²) in [5.41, 5.74) is 1.76. The van der Waals surface area contributed by atoms with Gasteiger partial charge in [-0.2, -0.15) is 0 Å². The van der Waals surface area contributed by atoms with E-state index in [4.69, 9.17) is 42.1 Å². The zero-order valence-electron chi connectivity index (χ0n) is 23.6. The van der Waals surface area contributed by atoms with Gasteiger partial charge in [-0.25, -0.2) is 9.79 Å². The molecule has 8 nitrogen and oxygen atoms in total. The Kier molecular flexibility index (Phi) is 9.55. The Balaban J connectivity index is 1.51. The van der Waals surface area contributed by atoms with Gasteiger partial charge in [0.2, 0.25) is 0 Å². The van der Waals surface area contributed by atoms with Crippen LogP contribution in [0.3, 0.4) is 0 Å². The lowest BCUT2D eigenvalue weighted by Crippen LogP contribution is -2.39. The van der Waals surface area contributed by atoms with Crippen LogP contribution in [-0.2, 0) is 9.53 Å². The molecule has 1 aliphatic rings. The van der Waals surface area contributed by atoms with Gasteiger partial charge in [0.15, 0.2) is 4.80 Å². The highest BCUT2D eigenvalue weighted by Crippen LogP contribution is 2.34. The highest BCUT2D eigenvalue weighted by Gasteiger charge is 2.33. The Morgan fingerprint density at radius 1 is 1.02 bits per heavy atom. The number of thiazole rings is 1. The highest BCUT2D eigenvalue weighted by atomic mass is 35.5. The molecule has 1 atom stereocenters. The second kappa shape index (κ2) is 13.5. The van der Waals surface area contributed by atoms with Crippen LogP contribution < -0.4 is 29.1 Å². The minimum atomic E-state index is -0.703. The number of aromatic nitrogens is 1. The van der Waals surface area contributed by atoms with Crippen molar-refractivity contribution in [1.82, 2.24) is 4.57 Å². The van der Waals surface area contributed by atoms with E-state index in [-0.39, 0.29) is 30.4 Å². The third-order valence-corrected chi connectivity index (χ3v) is 8.08. The third-order valence-electron chi connectivity index (χ3n) is 6.60. The SMILES string of the molecule is CCOC(=O)C1=C(C)N=c2sc(=Cc3cc(Cl)cc(Cl)c3OCCOc3cccc(OC)c3)c(=O)n2[C@@H]1c1ccccc1. The van der Waals surface area contributed by atoms with Gasteiger partial charge in [0.1, 0.15) is 30.5 Å². The van der Waals surface area contributed by atoms with Crippen molar-refractivity contribution in [3.05, 3.63) is 119 Å². The van der Waals surface area contributed by atoms with E-state index in [9.17, 15) is 9.59 Å². The number of nitrogens with zero attached hydrogens (tertiary/aromatic N) is 2. The topological polar surface area (TPSA) is 88.4 Å². The quantitative estimate of drug-likeness (QED) is 0.167. The Morgan fingerprint density at radius 2 is 1.77 bits per heavy atom. The fourth-order valence-corrected chi connectivity index (χ4v) is 6.32. The van der Waals surface area contributed by atoms with Gasteiger partial charge in [0, 0.05) is 16.7 Å². The predicted molar refractivity (Wildman–Crippen MR) is 167 cm³/mol. The lowest BCUT2D eigenvalue weighted by molar-refractivity contribution is -0.139. The lowest BCUT2D eigenvalue weighted by atomic mass is 9.96.